The Kier molecular flexibility index (Phi) is 7.83. The molecule has 0 spiro atoms. The van der Waals surface area contributed by atoms with E-state index in [4.69, 9.17) is 14.0 Å². The zero-order valence-electron chi connectivity index (χ0n) is 18.6. The van der Waals surface area contributed by atoms with Crippen molar-refractivity contribution in [2.45, 2.75) is 20.4 Å². The summed E-state index contributed by atoms with van der Waals surface area (Å²) in [5, 5.41) is 5.83. The molecular formula is C20H22N4O8S2. The maximum atomic E-state index is 12.5. The zero-order chi connectivity index (χ0) is 24.9. The molecule has 1 N–H and O–H groups in total. The number of anilines is 1. The van der Waals surface area contributed by atoms with E-state index in [1.165, 1.54) is 17.7 Å². The van der Waals surface area contributed by atoms with E-state index in [-0.39, 0.29) is 23.8 Å². The van der Waals surface area contributed by atoms with Gasteiger partial charge in [-0.05, 0) is 32.0 Å². The van der Waals surface area contributed by atoms with E-state index in [1.807, 2.05) is 0 Å². The summed E-state index contributed by atoms with van der Waals surface area (Å²) in [5.41, 5.74) is 0.593. The molecule has 2 aromatic heterocycles. The Morgan fingerprint density at radius 1 is 1.24 bits per heavy atom. The summed E-state index contributed by atoms with van der Waals surface area (Å²) in [5.74, 6) is -3.26. The van der Waals surface area contributed by atoms with Crippen molar-refractivity contribution in [2.24, 2.45) is 4.99 Å². The van der Waals surface area contributed by atoms with E-state index in [0.717, 1.165) is 11.3 Å². The Hall–Kier alpha value is -3.52. The third-order valence-corrected chi connectivity index (χ3v) is 6.72. The lowest BCUT2D eigenvalue weighted by Gasteiger charge is -2.06. The minimum atomic E-state index is -4.13. The maximum Gasteiger partial charge on any atom is 0.326 e. The van der Waals surface area contributed by atoms with E-state index in [0.29, 0.717) is 21.7 Å². The number of benzene rings is 1. The van der Waals surface area contributed by atoms with Gasteiger partial charge in [0.25, 0.3) is 5.91 Å². The van der Waals surface area contributed by atoms with Crippen LogP contribution in [-0.4, -0.2) is 61.1 Å². The van der Waals surface area contributed by atoms with Gasteiger partial charge in [-0.1, -0.05) is 16.5 Å². The first-order valence-electron chi connectivity index (χ1n) is 9.94. The molecular weight excluding hydrogens is 488 g/mol. The number of aromatic nitrogens is 2. The van der Waals surface area contributed by atoms with Gasteiger partial charge in [-0.3, -0.25) is 14.4 Å². The van der Waals surface area contributed by atoms with Crippen molar-refractivity contribution in [2.75, 3.05) is 30.5 Å². The summed E-state index contributed by atoms with van der Waals surface area (Å²) in [6, 6.07) is 6.50. The number of aryl methyl sites for hydroxylation is 1. The molecule has 34 heavy (non-hydrogen) atoms. The largest absolute Gasteiger partial charge is 0.497 e. The van der Waals surface area contributed by atoms with Crippen LogP contribution in [0.1, 0.15) is 12.7 Å². The monoisotopic (exact) mass is 510 g/mol. The molecule has 0 bridgehead atoms. The van der Waals surface area contributed by atoms with E-state index in [9.17, 15) is 22.8 Å². The fraction of sp³-hybridized carbons (Fsp3) is 0.350. The molecule has 0 saturated heterocycles. The lowest BCUT2D eigenvalue weighted by Crippen LogP contribution is -2.28. The number of carbonyl (C=O) groups excluding carboxylic acids is 3. The molecule has 12 nitrogen and oxygen atoms in total. The average Bonchev–Trinajstić information content (AvgIpc) is 3.29. The quantitative estimate of drug-likeness (QED) is 0.415. The van der Waals surface area contributed by atoms with Crippen LogP contribution < -0.4 is 14.9 Å². The fourth-order valence-electron chi connectivity index (χ4n) is 2.94. The van der Waals surface area contributed by atoms with Gasteiger partial charge in [0.1, 0.15) is 29.6 Å². The molecule has 0 radical (unpaired) electrons. The summed E-state index contributed by atoms with van der Waals surface area (Å²) in [6.45, 7) is 3.23. The van der Waals surface area contributed by atoms with Gasteiger partial charge >= 0.3 is 5.97 Å². The van der Waals surface area contributed by atoms with Gasteiger partial charge in [0.2, 0.25) is 5.91 Å². The van der Waals surface area contributed by atoms with Gasteiger partial charge in [0.05, 0.1) is 23.9 Å². The predicted octanol–water partition coefficient (Wildman–Crippen LogP) is 1.05. The summed E-state index contributed by atoms with van der Waals surface area (Å²) in [4.78, 5) is 40.6. The highest BCUT2D eigenvalue weighted by Crippen LogP contribution is 2.23. The predicted molar refractivity (Wildman–Crippen MR) is 122 cm³/mol. The Morgan fingerprint density at radius 2 is 2.00 bits per heavy atom. The number of fused-ring (bicyclic) bond motifs is 1. The second-order valence-corrected chi connectivity index (χ2v) is 10.1. The molecule has 182 valence electrons. The third-order valence-electron chi connectivity index (χ3n) is 4.29. The molecule has 1 aromatic carbocycles. The highest BCUT2D eigenvalue weighted by molar-refractivity contribution is 7.92. The molecule has 0 aliphatic heterocycles. The number of methoxy groups -OCH3 is 1. The van der Waals surface area contributed by atoms with E-state index < -0.39 is 39.1 Å². The molecule has 2 heterocycles. The van der Waals surface area contributed by atoms with Gasteiger partial charge in [-0.15, -0.1) is 0 Å². The number of nitrogens with one attached hydrogen (secondary N) is 1. The number of ether oxygens (including phenoxy) is 2. The molecule has 0 unspecified atom stereocenters. The molecule has 2 amide bonds. The smallest absolute Gasteiger partial charge is 0.326 e. The highest BCUT2D eigenvalue weighted by atomic mass is 32.2. The van der Waals surface area contributed by atoms with Crippen LogP contribution in [0.25, 0.3) is 10.2 Å². The van der Waals surface area contributed by atoms with Gasteiger partial charge in [0, 0.05) is 6.07 Å². The van der Waals surface area contributed by atoms with Crippen LogP contribution in [0.4, 0.5) is 5.82 Å². The number of amides is 2. The molecule has 3 aromatic rings. The first kappa shape index (κ1) is 25.1. The topological polar surface area (TPSA) is 159 Å². The van der Waals surface area contributed by atoms with Crippen molar-refractivity contribution < 1.29 is 36.8 Å². The Labute approximate surface area is 198 Å². The summed E-state index contributed by atoms with van der Waals surface area (Å²) in [6.07, 6.45) is 0. The number of thiazole rings is 1. The Morgan fingerprint density at radius 3 is 2.65 bits per heavy atom. The fourth-order valence-corrected chi connectivity index (χ4v) is 5.03. The maximum absolute atomic E-state index is 12.5. The van der Waals surface area contributed by atoms with Crippen LogP contribution in [-0.2, 0) is 35.5 Å². The minimum Gasteiger partial charge on any atom is -0.497 e. The van der Waals surface area contributed by atoms with Gasteiger partial charge in [-0.25, -0.2) is 8.42 Å². The standard InChI is InChI=1S/C20H22N4O8S2/c1-4-31-19(27)9-24-14-6-5-13(30-3)8-15(14)33-20(24)22-18(26)11-34(28,29)10-17(25)21-16-7-12(2)32-23-16/h5-8H,4,9-11H2,1-3H3,(H,21,23,25). The summed E-state index contributed by atoms with van der Waals surface area (Å²) < 4.78 is 41.8. The minimum absolute atomic E-state index is 0.0643. The SMILES string of the molecule is CCOC(=O)Cn1c(=NC(=O)CS(=O)(=O)CC(=O)Nc2cc(C)on2)sc2cc(OC)ccc21. The molecule has 0 saturated carbocycles. The molecule has 3 rings (SSSR count). The average molecular weight is 511 g/mol. The first-order valence-corrected chi connectivity index (χ1v) is 12.6. The number of hydrogen-bond acceptors (Lipinski definition) is 10. The van der Waals surface area contributed by atoms with Gasteiger partial charge in [0.15, 0.2) is 20.5 Å². The van der Waals surface area contributed by atoms with Crippen molar-refractivity contribution in [1.29, 1.82) is 0 Å². The lowest BCUT2D eigenvalue weighted by atomic mass is 10.3. The number of rotatable bonds is 9. The Bertz CT molecular complexity index is 1400. The number of nitrogens with zero attached hydrogens (tertiary/aromatic N) is 3. The number of esters is 1. The molecule has 0 aliphatic carbocycles. The van der Waals surface area contributed by atoms with Crippen LogP contribution in [0.15, 0.2) is 33.8 Å². The number of sulfone groups is 1. The third kappa shape index (κ3) is 6.51. The summed E-state index contributed by atoms with van der Waals surface area (Å²) >= 11 is 1.08. The van der Waals surface area contributed by atoms with Gasteiger partial charge < -0.3 is 23.9 Å². The van der Waals surface area contributed by atoms with Crippen molar-refractivity contribution >= 4 is 55.0 Å². The van der Waals surface area contributed by atoms with Crippen LogP contribution in [0, 0.1) is 6.92 Å². The van der Waals surface area contributed by atoms with Crippen molar-refractivity contribution in [1.82, 2.24) is 9.72 Å². The van der Waals surface area contributed by atoms with Crippen LogP contribution in [0.3, 0.4) is 0 Å². The molecule has 14 heteroatoms. The van der Waals surface area contributed by atoms with Crippen molar-refractivity contribution in [3.63, 3.8) is 0 Å². The molecule has 0 fully saturated rings. The Balaban J connectivity index is 1.83. The van der Waals surface area contributed by atoms with Crippen molar-refractivity contribution in [3.8, 4) is 5.75 Å². The normalized spacial score (nSPS) is 12.0. The van der Waals surface area contributed by atoms with Crippen LogP contribution in [0.5, 0.6) is 5.75 Å². The van der Waals surface area contributed by atoms with Gasteiger partial charge in [-0.2, -0.15) is 4.99 Å². The second kappa shape index (κ2) is 10.6. The highest BCUT2D eigenvalue weighted by Gasteiger charge is 2.22. The van der Waals surface area contributed by atoms with Crippen molar-refractivity contribution in [3.05, 3.63) is 34.8 Å². The van der Waals surface area contributed by atoms with Crippen LogP contribution in [0.2, 0.25) is 0 Å². The van der Waals surface area contributed by atoms with E-state index in [2.05, 4.69) is 15.5 Å². The molecule has 0 aliphatic rings. The second-order valence-electron chi connectivity index (χ2n) is 7.02. The lowest BCUT2D eigenvalue weighted by molar-refractivity contribution is -0.143. The number of hydrogen-bond donors (Lipinski definition) is 1. The first-order chi connectivity index (χ1) is 16.1. The summed E-state index contributed by atoms with van der Waals surface area (Å²) in [7, 11) is -2.63. The molecule has 0 atom stereocenters. The zero-order valence-corrected chi connectivity index (χ0v) is 20.2. The van der Waals surface area contributed by atoms with E-state index >= 15 is 0 Å². The number of carbonyl (C=O) groups is 3. The van der Waals surface area contributed by atoms with Crippen LogP contribution >= 0.6 is 11.3 Å². The van der Waals surface area contributed by atoms with E-state index in [1.54, 1.807) is 32.0 Å².